The van der Waals surface area contributed by atoms with E-state index in [1.807, 2.05) is 32.9 Å². The monoisotopic (exact) mass is 805 g/mol. The van der Waals surface area contributed by atoms with Gasteiger partial charge in [0, 0.05) is 12.6 Å². The van der Waals surface area contributed by atoms with Crippen LogP contribution in [-0.2, 0) is 35.2 Å². The van der Waals surface area contributed by atoms with Crippen LogP contribution in [0.5, 0.6) is 0 Å². The summed E-state index contributed by atoms with van der Waals surface area (Å²) in [4.78, 5) is 91.4. The minimum atomic E-state index is -1.80. The predicted octanol–water partition coefficient (Wildman–Crippen LogP) is -1.47. The maximum Gasteiger partial charge on any atom is 0.472 e. The molecule has 0 aliphatic carbocycles. The maximum absolute atomic E-state index is 13.2. The van der Waals surface area contributed by atoms with Gasteiger partial charge in [-0.05, 0) is 69.6 Å². The summed E-state index contributed by atoms with van der Waals surface area (Å²) in [5.41, 5.74) is 1.36. The van der Waals surface area contributed by atoms with Gasteiger partial charge >= 0.3 is 7.12 Å². The molecule has 0 saturated heterocycles. The van der Waals surface area contributed by atoms with Gasteiger partial charge in [0.2, 0.25) is 35.4 Å². The normalized spacial score (nSPS) is 14.8. The molecule has 1 rings (SSSR count). The summed E-state index contributed by atoms with van der Waals surface area (Å²) in [7, 11) is -0.592. The molecule has 1 aromatic carbocycles. The minimum absolute atomic E-state index is 0.0207. The Morgan fingerprint density at radius 2 is 1.32 bits per heavy atom. The van der Waals surface area contributed by atoms with E-state index in [9.17, 15) is 43.8 Å². The van der Waals surface area contributed by atoms with Gasteiger partial charge in [-0.2, -0.15) is 0 Å². The van der Waals surface area contributed by atoms with Crippen LogP contribution in [0.2, 0.25) is 0 Å². The molecule has 0 radical (unpaired) electrons. The number of hydrogen-bond donors (Lipinski definition) is 10. The Bertz CT molecular complexity index is 1480. The molecule has 0 aromatic heterocycles. The van der Waals surface area contributed by atoms with Gasteiger partial charge in [-0.15, -0.1) is 0 Å². The van der Waals surface area contributed by atoms with Crippen LogP contribution < -0.4 is 31.9 Å². The van der Waals surface area contributed by atoms with Gasteiger partial charge in [0.15, 0.2) is 0 Å². The zero-order valence-corrected chi connectivity index (χ0v) is 34.5. The molecule has 320 valence electrons. The summed E-state index contributed by atoms with van der Waals surface area (Å²) in [5.74, 6) is -5.24. The van der Waals surface area contributed by atoms with Gasteiger partial charge in [0.05, 0.1) is 25.7 Å². The van der Waals surface area contributed by atoms with Crippen LogP contribution in [0.4, 0.5) is 0 Å². The van der Waals surface area contributed by atoms with E-state index in [-0.39, 0.29) is 23.8 Å². The smallest absolute Gasteiger partial charge is 0.426 e. The van der Waals surface area contributed by atoms with Gasteiger partial charge in [0.1, 0.15) is 30.2 Å². The number of unbranched alkanes of at least 4 members (excludes halogenated alkanes) is 3. The lowest BCUT2D eigenvalue weighted by Gasteiger charge is -2.31. The third-order valence-corrected chi connectivity index (χ3v) is 9.63. The maximum atomic E-state index is 13.2. The van der Waals surface area contributed by atoms with Crippen molar-refractivity contribution in [2.75, 3.05) is 26.6 Å². The molecule has 0 fully saturated rings. The number of rotatable bonds is 25. The summed E-state index contributed by atoms with van der Waals surface area (Å²) in [6.07, 6.45) is 3.64. The highest BCUT2D eigenvalue weighted by Crippen LogP contribution is 2.17. The third kappa shape index (κ3) is 18.0. The Kier molecular flexibility index (Phi) is 22.7. The SMILES string of the molecule is CCCCCCc1ccc(C(=O)NC(CO)C(=O)NC(C)C(=O)NCC(=O)N(C)C(C(=O)NC(C)C(=O)NC(CC(C)C(C)C)C(=O)NCB(O)O)C(C)O)cc1. The zero-order valence-electron chi connectivity index (χ0n) is 34.5. The number of benzene rings is 1. The molecule has 10 N–H and O–H groups in total. The molecule has 0 aliphatic heterocycles. The van der Waals surface area contributed by atoms with Crippen LogP contribution in [0.15, 0.2) is 24.3 Å². The lowest BCUT2D eigenvalue weighted by atomic mass is 9.89. The third-order valence-electron chi connectivity index (χ3n) is 9.63. The van der Waals surface area contributed by atoms with Gasteiger partial charge in [0.25, 0.3) is 5.91 Å². The molecule has 1 aromatic rings. The van der Waals surface area contributed by atoms with E-state index >= 15 is 0 Å². The van der Waals surface area contributed by atoms with E-state index in [0.717, 1.165) is 42.6 Å². The Morgan fingerprint density at radius 3 is 1.86 bits per heavy atom. The van der Waals surface area contributed by atoms with E-state index in [1.165, 1.54) is 27.8 Å². The average molecular weight is 806 g/mol. The first-order valence-electron chi connectivity index (χ1n) is 19.5. The number of amides is 7. The number of hydrogen-bond acceptors (Lipinski definition) is 11. The first-order valence-corrected chi connectivity index (χ1v) is 19.5. The van der Waals surface area contributed by atoms with Crippen LogP contribution in [0.25, 0.3) is 0 Å². The summed E-state index contributed by atoms with van der Waals surface area (Å²) in [6.45, 7) is 10.4. The number of likely N-dealkylation sites (N-methyl/N-ethyl adjacent to an activating group) is 1. The fraction of sp³-hybridized carbons (Fsp3) is 0.658. The number of carbonyl (C=O) groups is 7. The summed E-state index contributed by atoms with van der Waals surface area (Å²) in [6, 6.07) is 0.521. The molecule has 57 heavy (non-hydrogen) atoms. The van der Waals surface area contributed by atoms with Gasteiger partial charge in [-0.1, -0.05) is 59.1 Å². The van der Waals surface area contributed by atoms with E-state index in [2.05, 4.69) is 38.8 Å². The lowest BCUT2D eigenvalue weighted by Crippen LogP contribution is -2.59. The van der Waals surface area contributed by atoms with E-state index in [1.54, 1.807) is 12.1 Å². The van der Waals surface area contributed by atoms with E-state index in [0.29, 0.717) is 0 Å². The van der Waals surface area contributed by atoms with Crippen LogP contribution in [0, 0.1) is 11.8 Å². The first kappa shape index (κ1) is 50.4. The second-order valence-electron chi connectivity index (χ2n) is 14.8. The van der Waals surface area contributed by atoms with Crippen molar-refractivity contribution >= 4 is 48.5 Å². The molecular weight excluding hydrogens is 741 g/mol. The Balaban J connectivity index is 2.78. The van der Waals surface area contributed by atoms with Crippen molar-refractivity contribution in [1.29, 1.82) is 0 Å². The van der Waals surface area contributed by atoms with Crippen molar-refractivity contribution in [3.05, 3.63) is 35.4 Å². The highest BCUT2D eigenvalue weighted by Gasteiger charge is 2.34. The zero-order chi connectivity index (χ0) is 43.4. The quantitative estimate of drug-likeness (QED) is 0.0403. The number of carbonyl (C=O) groups excluding carboxylic acids is 7. The van der Waals surface area contributed by atoms with Crippen LogP contribution in [0.1, 0.15) is 96.5 Å². The standard InChI is InChI=1S/C38H64BN7O11/c1-9-10-11-12-13-27-14-16-28(17-15-27)35(52)45-30(20-47)37(54)42-24(5)33(50)40-19-31(49)46(8)32(26(7)48)38(55)43-25(6)34(51)44-29(18-23(4)22(2)3)36(53)41-21-39(56)57/h14-17,22-26,29-30,32,47-48,56-57H,9-13,18-21H2,1-8H3,(H,40,50)(H,41,53)(H,42,54)(H,43,55)(H,44,51)(H,45,52). The molecule has 0 spiro atoms. The molecule has 0 bridgehead atoms. The Hall–Kier alpha value is -4.59. The van der Waals surface area contributed by atoms with Crippen LogP contribution in [-0.4, -0.2) is 137 Å². The molecule has 0 aliphatic rings. The van der Waals surface area contributed by atoms with E-state index in [4.69, 9.17) is 10.0 Å². The molecule has 19 heteroatoms. The van der Waals surface area contributed by atoms with Crippen LogP contribution in [0.3, 0.4) is 0 Å². The van der Waals surface area contributed by atoms with Crippen molar-refractivity contribution in [3.63, 3.8) is 0 Å². The number of aliphatic hydroxyl groups excluding tert-OH is 2. The lowest BCUT2D eigenvalue weighted by molar-refractivity contribution is -0.144. The van der Waals surface area contributed by atoms with Crippen molar-refractivity contribution in [2.45, 2.75) is 123 Å². The van der Waals surface area contributed by atoms with E-state index < -0.39 is 104 Å². The number of nitrogens with one attached hydrogen (secondary N) is 6. The fourth-order valence-electron chi connectivity index (χ4n) is 5.56. The van der Waals surface area contributed by atoms with Crippen LogP contribution >= 0.6 is 0 Å². The fourth-order valence-corrected chi connectivity index (χ4v) is 5.56. The van der Waals surface area contributed by atoms with Crippen molar-refractivity contribution < 1.29 is 53.8 Å². The highest BCUT2D eigenvalue weighted by atomic mass is 16.4. The predicted molar refractivity (Wildman–Crippen MR) is 213 cm³/mol. The van der Waals surface area contributed by atoms with Crippen molar-refractivity contribution in [2.24, 2.45) is 11.8 Å². The molecule has 7 unspecified atom stereocenters. The van der Waals surface area contributed by atoms with Crippen molar-refractivity contribution in [1.82, 2.24) is 36.8 Å². The summed E-state index contributed by atoms with van der Waals surface area (Å²) < 4.78 is 0. The summed E-state index contributed by atoms with van der Waals surface area (Å²) in [5, 5.41) is 53.0. The molecular formula is C38H64BN7O11. The second-order valence-corrected chi connectivity index (χ2v) is 14.8. The average Bonchev–Trinajstić information content (AvgIpc) is 3.15. The second kappa shape index (κ2) is 25.6. The van der Waals surface area contributed by atoms with Gasteiger partial charge < -0.3 is 57.1 Å². The minimum Gasteiger partial charge on any atom is -0.426 e. The number of aryl methyl sites for hydroxylation is 1. The van der Waals surface area contributed by atoms with Crippen molar-refractivity contribution in [3.8, 4) is 0 Å². The Morgan fingerprint density at radius 1 is 0.719 bits per heavy atom. The first-order chi connectivity index (χ1) is 26.7. The topological polar surface area (TPSA) is 276 Å². The highest BCUT2D eigenvalue weighted by molar-refractivity contribution is 6.41. The molecule has 0 heterocycles. The van der Waals surface area contributed by atoms with Gasteiger partial charge in [-0.25, -0.2) is 0 Å². The van der Waals surface area contributed by atoms with Gasteiger partial charge in [-0.3, -0.25) is 33.6 Å². The number of aliphatic hydroxyl groups is 2. The molecule has 18 nitrogen and oxygen atoms in total. The molecule has 7 amide bonds. The molecule has 0 saturated carbocycles. The Labute approximate surface area is 335 Å². The summed E-state index contributed by atoms with van der Waals surface area (Å²) >= 11 is 0. The number of nitrogens with zero attached hydrogens (tertiary/aromatic N) is 1. The molecule has 7 atom stereocenters. The largest absolute Gasteiger partial charge is 0.472 e.